The molecule has 0 bridgehead atoms. The zero-order valence-electron chi connectivity index (χ0n) is 12.3. The summed E-state index contributed by atoms with van der Waals surface area (Å²) >= 11 is 0. The van der Waals surface area contributed by atoms with Gasteiger partial charge in [-0.05, 0) is 24.5 Å². The minimum atomic E-state index is -0.0245. The Labute approximate surface area is 125 Å². The number of amides is 1. The highest BCUT2D eigenvalue weighted by molar-refractivity contribution is 5.94. The molecule has 4 heteroatoms. The van der Waals surface area contributed by atoms with Crippen LogP contribution in [0.25, 0.3) is 0 Å². The SMILES string of the molecule is CCCn1cc(N)cc1C(=O)NC1CC1c1ccccc1. The Morgan fingerprint density at radius 1 is 1.38 bits per heavy atom. The lowest BCUT2D eigenvalue weighted by molar-refractivity contribution is 0.0941. The molecular weight excluding hydrogens is 262 g/mol. The molecule has 0 aliphatic heterocycles. The number of nitrogen functional groups attached to an aromatic ring is 1. The van der Waals surface area contributed by atoms with E-state index >= 15 is 0 Å². The first-order valence-corrected chi connectivity index (χ1v) is 7.50. The fraction of sp³-hybridized carbons (Fsp3) is 0.353. The third-order valence-electron chi connectivity index (χ3n) is 3.95. The van der Waals surface area contributed by atoms with Crippen molar-refractivity contribution in [3.63, 3.8) is 0 Å². The summed E-state index contributed by atoms with van der Waals surface area (Å²) in [6, 6.07) is 12.3. The van der Waals surface area contributed by atoms with Crippen molar-refractivity contribution in [1.29, 1.82) is 0 Å². The number of benzene rings is 1. The van der Waals surface area contributed by atoms with E-state index in [2.05, 4.69) is 24.4 Å². The molecule has 110 valence electrons. The van der Waals surface area contributed by atoms with E-state index in [1.54, 1.807) is 6.07 Å². The molecule has 1 aromatic carbocycles. The minimum absolute atomic E-state index is 0.0245. The van der Waals surface area contributed by atoms with Gasteiger partial charge in [-0.1, -0.05) is 37.3 Å². The van der Waals surface area contributed by atoms with Gasteiger partial charge in [-0.3, -0.25) is 4.79 Å². The van der Waals surface area contributed by atoms with Crippen LogP contribution in [-0.2, 0) is 6.54 Å². The molecule has 1 saturated carbocycles. The van der Waals surface area contributed by atoms with Crippen LogP contribution in [0.4, 0.5) is 5.69 Å². The maximum atomic E-state index is 12.4. The van der Waals surface area contributed by atoms with Gasteiger partial charge in [0.15, 0.2) is 0 Å². The van der Waals surface area contributed by atoms with Crippen molar-refractivity contribution in [2.24, 2.45) is 0 Å². The summed E-state index contributed by atoms with van der Waals surface area (Å²) in [5, 5.41) is 3.12. The van der Waals surface area contributed by atoms with Crippen molar-refractivity contribution in [3.8, 4) is 0 Å². The van der Waals surface area contributed by atoms with Crippen molar-refractivity contribution in [3.05, 3.63) is 53.9 Å². The predicted octanol–water partition coefficient (Wildman–Crippen LogP) is 2.77. The molecule has 1 fully saturated rings. The van der Waals surface area contributed by atoms with E-state index in [9.17, 15) is 4.79 Å². The Balaban J connectivity index is 1.66. The second-order valence-corrected chi connectivity index (χ2v) is 5.68. The minimum Gasteiger partial charge on any atom is -0.397 e. The number of rotatable bonds is 5. The van der Waals surface area contributed by atoms with Gasteiger partial charge in [0, 0.05) is 24.7 Å². The Kier molecular flexibility index (Phi) is 3.69. The van der Waals surface area contributed by atoms with Gasteiger partial charge in [-0.25, -0.2) is 0 Å². The predicted molar refractivity (Wildman–Crippen MR) is 84.2 cm³/mol. The number of anilines is 1. The van der Waals surface area contributed by atoms with Crippen molar-refractivity contribution in [2.45, 2.75) is 38.3 Å². The van der Waals surface area contributed by atoms with Crippen LogP contribution in [0.1, 0.15) is 41.7 Å². The fourth-order valence-corrected chi connectivity index (χ4v) is 2.81. The van der Waals surface area contributed by atoms with E-state index in [1.807, 2.05) is 29.0 Å². The summed E-state index contributed by atoms with van der Waals surface area (Å²) in [4.78, 5) is 12.4. The molecule has 3 N–H and O–H groups in total. The first-order chi connectivity index (χ1) is 10.2. The van der Waals surface area contributed by atoms with E-state index in [-0.39, 0.29) is 11.9 Å². The normalized spacial score (nSPS) is 20.2. The molecule has 1 heterocycles. The molecular formula is C17H21N3O. The number of carbonyl (C=O) groups excluding carboxylic acids is 1. The second kappa shape index (κ2) is 5.64. The molecule has 1 aliphatic carbocycles. The third kappa shape index (κ3) is 2.94. The molecule has 2 aromatic rings. The smallest absolute Gasteiger partial charge is 0.268 e. The highest BCUT2D eigenvalue weighted by Gasteiger charge is 2.39. The van der Waals surface area contributed by atoms with Gasteiger partial charge >= 0.3 is 0 Å². The Bertz CT molecular complexity index is 633. The second-order valence-electron chi connectivity index (χ2n) is 5.68. The lowest BCUT2D eigenvalue weighted by Gasteiger charge is -2.08. The lowest BCUT2D eigenvalue weighted by Crippen LogP contribution is -2.28. The molecule has 2 unspecified atom stereocenters. The van der Waals surface area contributed by atoms with Crippen LogP contribution in [-0.4, -0.2) is 16.5 Å². The van der Waals surface area contributed by atoms with Crippen molar-refractivity contribution in [2.75, 3.05) is 5.73 Å². The number of aromatic nitrogens is 1. The first-order valence-electron chi connectivity index (χ1n) is 7.50. The summed E-state index contributed by atoms with van der Waals surface area (Å²) in [7, 11) is 0. The summed E-state index contributed by atoms with van der Waals surface area (Å²) in [6.45, 7) is 2.90. The van der Waals surface area contributed by atoms with Gasteiger partial charge in [0.2, 0.25) is 0 Å². The van der Waals surface area contributed by atoms with Crippen LogP contribution in [0.3, 0.4) is 0 Å². The summed E-state index contributed by atoms with van der Waals surface area (Å²) in [5.41, 5.74) is 8.41. The van der Waals surface area contributed by atoms with Crippen molar-refractivity contribution >= 4 is 11.6 Å². The van der Waals surface area contributed by atoms with Crippen molar-refractivity contribution in [1.82, 2.24) is 9.88 Å². The van der Waals surface area contributed by atoms with Crippen LogP contribution >= 0.6 is 0 Å². The van der Waals surface area contributed by atoms with E-state index < -0.39 is 0 Å². The molecule has 0 spiro atoms. The van der Waals surface area contributed by atoms with Gasteiger partial charge in [0.05, 0.1) is 5.69 Å². The molecule has 2 atom stereocenters. The van der Waals surface area contributed by atoms with E-state index in [4.69, 9.17) is 5.73 Å². The zero-order valence-corrected chi connectivity index (χ0v) is 12.3. The fourth-order valence-electron chi connectivity index (χ4n) is 2.81. The molecule has 3 rings (SSSR count). The Hall–Kier alpha value is -2.23. The average Bonchev–Trinajstić information content (AvgIpc) is 3.15. The standard InChI is InChI=1S/C17H21N3O/c1-2-8-20-11-13(18)9-16(20)17(21)19-15-10-14(15)12-6-4-3-5-7-12/h3-7,9,11,14-15H,2,8,10,18H2,1H3,(H,19,21). The van der Waals surface area contributed by atoms with Crippen LogP contribution in [0, 0.1) is 0 Å². The lowest BCUT2D eigenvalue weighted by atomic mass is 10.1. The number of aryl methyl sites for hydroxylation is 1. The number of carbonyl (C=O) groups is 1. The van der Waals surface area contributed by atoms with Gasteiger partial charge in [-0.15, -0.1) is 0 Å². The monoisotopic (exact) mass is 283 g/mol. The molecule has 21 heavy (non-hydrogen) atoms. The summed E-state index contributed by atoms with van der Waals surface area (Å²) in [6.07, 6.45) is 3.82. The van der Waals surface area contributed by atoms with Gasteiger partial charge in [0.1, 0.15) is 5.69 Å². The van der Waals surface area contributed by atoms with Gasteiger partial charge < -0.3 is 15.6 Å². The van der Waals surface area contributed by atoms with Crippen LogP contribution in [0.5, 0.6) is 0 Å². The van der Waals surface area contributed by atoms with Gasteiger partial charge in [-0.2, -0.15) is 0 Å². The van der Waals surface area contributed by atoms with Crippen LogP contribution < -0.4 is 11.1 Å². The maximum Gasteiger partial charge on any atom is 0.268 e. The molecule has 1 amide bonds. The van der Waals surface area contributed by atoms with E-state index in [0.29, 0.717) is 17.3 Å². The first kappa shape index (κ1) is 13.7. The van der Waals surface area contributed by atoms with Crippen LogP contribution in [0.2, 0.25) is 0 Å². The molecule has 4 nitrogen and oxygen atoms in total. The molecule has 0 radical (unpaired) electrons. The quantitative estimate of drug-likeness (QED) is 0.886. The molecule has 0 saturated heterocycles. The highest BCUT2D eigenvalue weighted by atomic mass is 16.2. The highest BCUT2D eigenvalue weighted by Crippen LogP contribution is 2.40. The van der Waals surface area contributed by atoms with E-state index in [0.717, 1.165) is 19.4 Å². The topological polar surface area (TPSA) is 60.0 Å². The number of nitrogens with two attached hydrogens (primary N) is 1. The largest absolute Gasteiger partial charge is 0.397 e. The average molecular weight is 283 g/mol. The van der Waals surface area contributed by atoms with Gasteiger partial charge in [0.25, 0.3) is 5.91 Å². The third-order valence-corrected chi connectivity index (χ3v) is 3.95. The number of hydrogen-bond acceptors (Lipinski definition) is 2. The molecule has 1 aliphatic rings. The maximum absolute atomic E-state index is 12.4. The summed E-state index contributed by atoms with van der Waals surface area (Å²) in [5.74, 6) is 0.422. The van der Waals surface area contributed by atoms with E-state index in [1.165, 1.54) is 5.56 Å². The zero-order chi connectivity index (χ0) is 14.8. The number of nitrogens with one attached hydrogen (secondary N) is 1. The Morgan fingerprint density at radius 2 is 2.14 bits per heavy atom. The number of hydrogen-bond donors (Lipinski definition) is 2. The van der Waals surface area contributed by atoms with Crippen LogP contribution in [0.15, 0.2) is 42.6 Å². The Morgan fingerprint density at radius 3 is 2.86 bits per heavy atom. The molecule has 1 aromatic heterocycles. The van der Waals surface area contributed by atoms with Crippen molar-refractivity contribution < 1.29 is 4.79 Å². The number of nitrogens with zero attached hydrogens (tertiary/aromatic N) is 1. The summed E-state index contributed by atoms with van der Waals surface area (Å²) < 4.78 is 1.94.